The van der Waals surface area contributed by atoms with Gasteiger partial charge in [-0.1, -0.05) is 0 Å². The Labute approximate surface area is 181 Å². The highest BCUT2D eigenvalue weighted by Gasteiger charge is 2.32. The van der Waals surface area contributed by atoms with Crippen LogP contribution in [0.3, 0.4) is 0 Å². The smallest absolute Gasteiger partial charge is 0.373 e. The van der Waals surface area contributed by atoms with Gasteiger partial charge >= 0.3 is 23.5 Å². The zero-order chi connectivity index (χ0) is 23.3. The first-order valence-electron chi connectivity index (χ1n) is 9.65. The van der Waals surface area contributed by atoms with Crippen molar-refractivity contribution in [1.82, 2.24) is 9.97 Å². The summed E-state index contributed by atoms with van der Waals surface area (Å²) in [5, 5.41) is 20.9. The monoisotopic (exact) mass is 444 g/mol. The molecular weight excluding hydrogens is 424 g/mol. The maximum atomic E-state index is 12.0. The second kappa shape index (κ2) is 9.81. The number of carboxylic acid groups (broad SMARTS) is 1. The van der Waals surface area contributed by atoms with Gasteiger partial charge in [-0.15, -0.1) is 0 Å². The summed E-state index contributed by atoms with van der Waals surface area (Å²) in [4.78, 5) is 55.1. The molecule has 1 N–H and O–H groups in total. The number of piperidine rings is 1. The molecule has 1 aromatic carbocycles. The third-order valence-electron chi connectivity index (χ3n) is 5.02. The number of aliphatic carboxylic acids is 1. The first kappa shape index (κ1) is 22.6. The van der Waals surface area contributed by atoms with E-state index in [9.17, 15) is 24.5 Å². The molecule has 32 heavy (non-hydrogen) atoms. The Kier molecular flexibility index (Phi) is 6.93. The van der Waals surface area contributed by atoms with Gasteiger partial charge in [-0.3, -0.25) is 24.5 Å². The zero-order valence-electron chi connectivity index (χ0n) is 17.1. The third kappa shape index (κ3) is 5.14. The number of nitrogens with zero attached hydrogens (tertiary/aromatic N) is 4. The van der Waals surface area contributed by atoms with Crippen LogP contribution in [0.4, 0.5) is 11.5 Å². The molecule has 0 atom stereocenters. The normalized spacial score (nSPS) is 14.0. The van der Waals surface area contributed by atoms with Crippen molar-refractivity contribution in [2.24, 2.45) is 5.92 Å². The number of nitro groups is 1. The van der Waals surface area contributed by atoms with Crippen molar-refractivity contribution >= 4 is 29.2 Å². The van der Waals surface area contributed by atoms with Gasteiger partial charge in [-0.05, 0) is 37.1 Å². The maximum absolute atomic E-state index is 12.0. The second-order valence-electron chi connectivity index (χ2n) is 7.01. The Hall–Kier alpha value is -4.09. The molecule has 1 aliphatic heterocycles. The third-order valence-corrected chi connectivity index (χ3v) is 5.02. The minimum absolute atomic E-state index is 0.0497. The summed E-state index contributed by atoms with van der Waals surface area (Å²) in [7, 11) is 1.18. The van der Waals surface area contributed by atoms with E-state index in [1.807, 2.05) is 0 Å². The van der Waals surface area contributed by atoms with E-state index in [0.717, 1.165) is 6.33 Å². The van der Waals surface area contributed by atoms with Gasteiger partial charge in [0.25, 0.3) is 0 Å². The van der Waals surface area contributed by atoms with Gasteiger partial charge in [0.1, 0.15) is 18.5 Å². The Morgan fingerprint density at radius 3 is 2.41 bits per heavy atom. The lowest BCUT2D eigenvalue weighted by atomic mass is 9.97. The average Bonchev–Trinajstić information content (AvgIpc) is 2.79. The molecule has 12 heteroatoms. The number of Topliss-reactive ketones (excluding diaryl/α,β-unsaturated/α-hetero) is 1. The Bertz CT molecular complexity index is 1030. The van der Waals surface area contributed by atoms with Gasteiger partial charge in [0.05, 0.1) is 18.0 Å². The predicted octanol–water partition coefficient (Wildman–Crippen LogP) is 2.22. The van der Waals surface area contributed by atoms with Gasteiger partial charge in [0.15, 0.2) is 5.78 Å². The van der Waals surface area contributed by atoms with E-state index >= 15 is 0 Å². The Balaban J connectivity index is 1.79. The van der Waals surface area contributed by atoms with E-state index in [4.69, 9.17) is 9.84 Å². The molecule has 1 aromatic heterocycles. The molecule has 0 saturated carbocycles. The van der Waals surface area contributed by atoms with Crippen molar-refractivity contribution in [3.63, 3.8) is 0 Å². The highest BCUT2D eigenvalue weighted by molar-refractivity contribution is 6.05. The fourth-order valence-electron chi connectivity index (χ4n) is 3.28. The minimum Gasteiger partial charge on any atom is -0.481 e. The number of carbonyl (C=O) groups excluding carboxylic acids is 2. The number of ketones is 1. The van der Waals surface area contributed by atoms with Crippen LogP contribution in [0.1, 0.15) is 29.6 Å². The first-order valence-corrected chi connectivity index (χ1v) is 9.65. The summed E-state index contributed by atoms with van der Waals surface area (Å²) in [5.74, 6) is -2.53. The average molecular weight is 444 g/mol. The molecule has 1 saturated heterocycles. The summed E-state index contributed by atoms with van der Waals surface area (Å²) < 4.78 is 10.0. The van der Waals surface area contributed by atoms with E-state index in [1.54, 1.807) is 4.90 Å². The molecule has 3 rings (SSSR count). The highest BCUT2D eigenvalue weighted by Crippen LogP contribution is 2.37. The van der Waals surface area contributed by atoms with E-state index in [0.29, 0.717) is 25.9 Å². The quantitative estimate of drug-likeness (QED) is 0.209. The van der Waals surface area contributed by atoms with Crippen molar-refractivity contribution in [3.8, 4) is 11.6 Å². The second-order valence-corrected chi connectivity index (χ2v) is 7.01. The van der Waals surface area contributed by atoms with Crippen LogP contribution in [0.15, 0.2) is 30.6 Å². The molecule has 0 bridgehead atoms. The molecule has 168 valence electrons. The number of carboxylic acids is 1. The predicted molar refractivity (Wildman–Crippen MR) is 109 cm³/mol. The summed E-state index contributed by atoms with van der Waals surface area (Å²) >= 11 is 0. The number of ether oxygens (including phenoxy) is 2. The lowest BCUT2D eigenvalue weighted by molar-refractivity contribution is -0.385. The summed E-state index contributed by atoms with van der Waals surface area (Å²) in [5.41, 5.74) is -0.186. The number of carbonyl (C=O) groups is 3. The highest BCUT2D eigenvalue weighted by atomic mass is 16.6. The maximum Gasteiger partial charge on any atom is 0.373 e. The number of hydrogen-bond acceptors (Lipinski definition) is 10. The molecular formula is C20H20N4O8. The topological polar surface area (TPSA) is 162 Å². The van der Waals surface area contributed by atoms with Crippen LogP contribution >= 0.6 is 0 Å². The summed E-state index contributed by atoms with van der Waals surface area (Å²) in [6.07, 6.45) is 1.41. The first-order chi connectivity index (χ1) is 15.3. The van der Waals surface area contributed by atoms with Crippen molar-refractivity contribution < 1.29 is 33.9 Å². The molecule has 0 spiro atoms. The lowest BCUT2D eigenvalue weighted by Gasteiger charge is -2.30. The van der Waals surface area contributed by atoms with Crippen LogP contribution in [0.25, 0.3) is 0 Å². The summed E-state index contributed by atoms with van der Waals surface area (Å²) in [6, 6.07) is 5.69. The fraction of sp³-hybridized carbons (Fsp3) is 0.350. The molecule has 1 fully saturated rings. The molecule has 2 aromatic rings. The number of rotatable bonds is 8. The standard InChI is InChI=1S/C20H20N4O8/c1-31-16(26)10-15(25)12-2-4-14(5-3-12)32-19-17(24(29)30)18(21-11-22-19)23-8-6-13(7-9-23)20(27)28/h2-5,11,13H,6-10H2,1H3,(H,27,28). The van der Waals surface area contributed by atoms with Crippen molar-refractivity contribution in [2.75, 3.05) is 25.1 Å². The number of methoxy groups -OCH3 is 1. The number of anilines is 1. The minimum atomic E-state index is -0.889. The van der Waals surface area contributed by atoms with E-state index < -0.39 is 40.7 Å². The van der Waals surface area contributed by atoms with Gasteiger partial charge in [0.2, 0.25) is 5.82 Å². The molecule has 2 heterocycles. The number of esters is 1. The lowest BCUT2D eigenvalue weighted by Crippen LogP contribution is -2.37. The Morgan fingerprint density at radius 2 is 1.84 bits per heavy atom. The van der Waals surface area contributed by atoms with Crippen LogP contribution < -0.4 is 9.64 Å². The van der Waals surface area contributed by atoms with Crippen LogP contribution in [0, 0.1) is 16.0 Å². The van der Waals surface area contributed by atoms with E-state index in [1.165, 1.54) is 31.4 Å². The van der Waals surface area contributed by atoms with E-state index in [2.05, 4.69) is 14.7 Å². The summed E-state index contributed by atoms with van der Waals surface area (Å²) in [6.45, 7) is 0.594. The number of hydrogen-bond donors (Lipinski definition) is 1. The molecule has 0 radical (unpaired) electrons. The number of benzene rings is 1. The van der Waals surface area contributed by atoms with Gasteiger partial charge in [-0.25, -0.2) is 4.98 Å². The molecule has 1 aliphatic rings. The Morgan fingerprint density at radius 1 is 1.19 bits per heavy atom. The van der Waals surface area contributed by atoms with Gasteiger partial charge in [-0.2, -0.15) is 4.98 Å². The molecule has 12 nitrogen and oxygen atoms in total. The van der Waals surface area contributed by atoms with Crippen molar-refractivity contribution in [3.05, 3.63) is 46.3 Å². The van der Waals surface area contributed by atoms with Gasteiger partial charge in [0, 0.05) is 18.7 Å². The van der Waals surface area contributed by atoms with E-state index in [-0.39, 0.29) is 23.0 Å². The van der Waals surface area contributed by atoms with Crippen molar-refractivity contribution in [1.29, 1.82) is 0 Å². The fourth-order valence-corrected chi connectivity index (χ4v) is 3.28. The number of aromatic nitrogens is 2. The SMILES string of the molecule is COC(=O)CC(=O)c1ccc(Oc2ncnc(N3CCC(C(=O)O)CC3)c2[N+](=O)[O-])cc1. The van der Waals surface area contributed by atoms with Crippen LogP contribution in [-0.2, 0) is 14.3 Å². The van der Waals surface area contributed by atoms with Crippen LogP contribution in [-0.4, -0.2) is 57.9 Å². The molecule has 0 unspecified atom stereocenters. The largest absolute Gasteiger partial charge is 0.481 e. The molecule has 0 aliphatic carbocycles. The zero-order valence-corrected chi connectivity index (χ0v) is 17.1. The van der Waals surface area contributed by atoms with Gasteiger partial charge < -0.3 is 19.5 Å². The molecule has 0 amide bonds. The van der Waals surface area contributed by atoms with Crippen LogP contribution in [0.2, 0.25) is 0 Å². The van der Waals surface area contributed by atoms with Crippen LogP contribution in [0.5, 0.6) is 11.6 Å². The van der Waals surface area contributed by atoms with Crippen molar-refractivity contribution in [2.45, 2.75) is 19.3 Å².